The summed E-state index contributed by atoms with van der Waals surface area (Å²) in [6, 6.07) is 6.99. The van der Waals surface area contributed by atoms with Crippen LogP contribution in [0.1, 0.15) is 12.0 Å². The van der Waals surface area contributed by atoms with Crippen molar-refractivity contribution in [3.63, 3.8) is 0 Å². The number of hydrogen-bond acceptors (Lipinski definition) is 3. The van der Waals surface area contributed by atoms with E-state index in [-0.39, 0.29) is 23.4 Å². The van der Waals surface area contributed by atoms with Crippen LogP contribution < -0.4 is 5.32 Å². The smallest absolute Gasteiger partial charge is 0.243 e. The Bertz CT molecular complexity index is 986. The topological polar surface area (TPSA) is 66.5 Å². The third-order valence-corrected chi connectivity index (χ3v) is 6.77. The second-order valence-corrected chi connectivity index (χ2v) is 9.14. The first kappa shape index (κ1) is 20.8. The third-order valence-electron chi connectivity index (χ3n) is 4.39. The number of carbonyl (C=O) groups is 1. The summed E-state index contributed by atoms with van der Waals surface area (Å²) < 4.78 is 67.8. The lowest BCUT2D eigenvalue weighted by Crippen LogP contribution is -2.45. The number of halogens is 4. The maximum Gasteiger partial charge on any atom is 0.243 e. The number of nitrogens with zero attached hydrogens (tertiary/aromatic N) is 1. The molecule has 28 heavy (non-hydrogen) atoms. The normalized spacial score (nSPS) is 20.3. The fraction of sp³-hybridized carbons (Fsp3) is 0.278. The molecule has 0 spiro atoms. The molecule has 3 rings (SSSR count). The Morgan fingerprint density at radius 3 is 2.54 bits per heavy atom. The maximum atomic E-state index is 14.0. The maximum absolute atomic E-state index is 14.0. The molecule has 5 nitrogen and oxygen atoms in total. The molecule has 1 aliphatic heterocycles. The van der Waals surface area contributed by atoms with Crippen molar-refractivity contribution >= 4 is 31.9 Å². The zero-order chi connectivity index (χ0) is 20.5. The molecule has 1 heterocycles. The number of nitrogens with one attached hydrogen (secondary N) is 1. The van der Waals surface area contributed by atoms with E-state index in [9.17, 15) is 26.4 Å². The number of carbonyl (C=O) groups excluding carboxylic acids is 1. The molecule has 2 aromatic carbocycles. The Morgan fingerprint density at radius 1 is 1.18 bits per heavy atom. The lowest BCUT2D eigenvalue weighted by molar-refractivity contribution is -0.124. The van der Waals surface area contributed by atoms with Crippen LogP contribution in [-0.4, -0.2) is 37.4 Å². The Labute approximate surface area is 168 Å². The second kappa shape index (κ2) is 8.22. The number of amides is 1. The number of rotatable bonds is 5. The van der Waals surface area contributed by atoms with Crippen LogP contribution in [0.4, 0.5) is 13.2 Å². The molecule has 1 saturated heterocycles. The molecule has 0 radical (unpaired) electrons. The molecule has 10 heteroatoms. The SMILES string of the molecule is O=C(NCc1cc(Br)ccc1F)[C@@H]1C[C@@H](F)CN1S(=O)(=O)c1ccc(F)cc1. The summed E-state index contributed by atoms with van der Waals surface area (Å²) in [6.07, 6.45) is -1.83. The van der Waals surface area contributed by atoms with E-state index in [0.717, 1.165) is 28.6 Å². The Morgan fingerprint density at radius 2 is 1.86 bits per heavy atom. The van der Waals surface area contributed by atoms with E-state index in [4.69, 9.17) is 0 Å². The highest BCUT2D eigenvalue weighted by Crippen LogP contribution is 2.28. The molecule has 1 fully saturated rings. The molecule has 1 N–H and O–H groups in total. The third kappa shape index (κ3) is 4.39. The summed E-state index contributed by atoms with van der Waals surface area (Å²) in [5.41, 5.74) is 0.200. The highest BCUT2D eigenvalue weighted by molar-refractivity contribution is 9.10. The Kier molecular flexibility index (Phi) is 6.11. The molecule has 0 saturated carbocycles. The second-order valence-electron chi connectivity index (χ2n) is 6.33. The van der Waals surface area contributed by atoms with Crippen molar-refractivity contribution in [1.29, 1.82) is 0 Å². The van der Waals surface area contributed by atoms with Gasteiger partial charge in [0.15, 0.2) is 0 Å². The molecule has 2 atom stereocenters. The van der Waals surface area contributed by atoms with Crippen molar-refractivity contribution < 1.29 is 26.4 Å². The zero-order valence-corrected chi connectivity index (χ0v) is 16.8. The molecular weight excluding hydrogens is 461 g/mol. The van der Waals surface area contributed by atoms with E-state index < -0.39 is 46.3 Å². The lowest BCUT2D eigenvalue weighted by atomic mass is 10.2. The van der Waals surface area contributed by atoms with Crippen LogP contribution in [0.25, 0.3) is 0 Å². The first-order chi connectivity index (χ1) is 13.2. The monoisotopic (exact) mass is 476 g/mol. The van der Waals surface area contributed by atoms with Crippen LogP contribution in [0.15, 0.2) is 51.8 Å². The van der Waals surface area contributed by atoms with Crippen LogP contribution in [0.3, 0.4) is 0 Å². The van der Waals surface area contributed by atoms with Gasteiger partial charge in [0.1, 0.15) is 23.8 Å². The molecule has 150 valence electrons. The molecule has 1 aliphatic rings. The van der Waals surface area contributed by atoms with Crippen molar-refractivity contribution in [2.45, 2.75) is 30.1 Å². The van der Waals surface area contributed by atoms with Crippen molar-refractivity contribution in [2.75, 3.05) is 6.54 Å². The van der Waals surface area contributed by atoms with Gasteiger partial charge in [-0.1, -0.05) is 15.9 Å². The summed E-state index contributed by atoms with van der Waals surface area (Å²) in [6.45, 7) is -0.662. The van der Waals surface area contributed by atoms with Crippen LogP contribution in [-0.2, 0) is 21.4 Å². The summed E-state index contributed by atoms with van der Waals surface area (Å²) >= 11 is 3.20. The summed E-state index contributed by atoms with van der Waals surface area (Å²) in [4.78, 5) is 12.3. The minimum atomic E-state index is -4.20. The van der Waals surface area contributed by atoms with Gasteiger partial charge in [0, 0.05) is 29.5 Å². The highest BCUT2D eigenvalue weighted by atomic mass is 79.9. The number of hydrogen-bond donors (Lipinski definition) is 1. The predicted octanol–water partition coefficient (Wildman–Crippen LogP) is 3.14. The van der Waals surface area contributed by atoms with Crippen LogP contribution in [0.2, 0.25) is 0 Å². The first-order valence-electron chi connectivity index (χ1n) is 8.31. The molecule has 0 aliphatic carbocycles. The number of sulfonamides is 1. The molecule has 0 aromatic heterocycles. The largest absolute Gasteiger partial charge is 0.351 e. The van der Waals surface area contributed by atoms with E-state index in [2.05, 4.69) is 21.2 Å². The van der Waals surface area contributed by atoms with Gasteiger partial charge in [-0.15, -0.1) is 0 Å². The van der Waals surface area contributed by atoms with Gasteiger partial charge in [-0.05, 0) is 42.5 Å². The van der Waals surface area contributed by atoms with E-state index >= 15 is 0 Å². The van der Waals surface area contributed by atoms with Gasteiger partial charge in [0.2, 0.25) is 15.9 Å². The van der Waals surface area contributed by atoms with Crippen LogP contribution >= 0.6 is 15.9 Å². The van der Waals surface area contributed by atoms with Crippen molar-refractivity contribution in [1.82, 2.24) is 9.62 Å². The van der Waals surface area contributed by atoms with Crippen molar-refractivity contribution in [2.24, 2.45) is 0 Å². The summed E-state index contributed by atoms with van der Waals surface area (Å²) in [7, 11) is -4.20. The van der Waals surface area contributed by atoms with Crippen molar-refractivity contribution in [3.8, 4) is 0 Å². The fourth-order valence-electron chi connectivity index (χ4n) is 2.98. The lowest BCUT2D eigenvalue weighted by Gasteiger charge is -2.23. The van der Waals surface area contributed by atoms with E-state index in [1.807, 2.05) is 0 Å². The van der Waals surface area contributed by atoms with Gasteiger partial charge < -0.3 is 5.32 Å². The summed E-state index contributed by atoms with van der Waals surface area (Å²) in [5.74, 6) is -1.88. The minimum absolute atomic E-state index is 0.179. The van der Waals surface area contributed by atoms with Gasteiger partial charge in [0.25, 0.3) is 0 Å². The van der Waals surface area contributed by atoms with Gasteiger partial charge in [-0.2, -0.15) is 4.31 Å². The van der Waals surface area contributed by atoms with Gasteiger partial charge in [-0.25, -0.2) is 21.6 Å². The number of benzene rings is 2. The predicted molar refractivity (Wildman–Crippen MR) is 99.5 cm³/mol. The molecule has 2 aromatic rings. The molecule has 0 unspecified atom stereocenters. The van der Waals surface area contributed by atoms with Gasteiger partial charge >= 0.3 is 0 Å². The standard InChI is InChI=1S/C18H16BrF3N2O3S/c19-12-1-6-16(22)11(7-12)9-23-18(25)17-8-14(21)10-24(17)28(26,27)15-4-2-13(20)3-5-15/h1-7,14,17H,8-10H2,(H,23,25)/t14-,17+/m1/s1. The Balaban J connectivity index is 1.78. The van der Waals surface area contributed by atoms with Gasteiger partial charge in [-0.3, -0.25) is 4.79 Å². The quantitative estimate of drug-likeness (QED) is 0.720. The molecule has 0 bridgehead atoms. The fourth-order valence-corrected chi connectivity index (χ4v) is 5.02. The molecular formula is C18H16BrF3N2O3S. The zero-order valence-electron chi connectivity index (χ0n) is 14.4. The minimum Gasteiger partial charge on any atom is -0.351 e. The van der Waals surface area contributed by atoms with E-state index in [1.165, 1.54) is 18.2 Å². The first-order valence-corrected chi connectivity index (χ1v) is 10.5. The van der Waals surface area contributed by atoms with E-state index in [1.54, 1.807) is 0 Å². The van der Waals surface area contributed by atoms with E-state index in [0.29, 0.717) is 4.47 Å². The molecule has 1 amide bonds. The average molecular weight is 477 g/mol. The Hall–Kier alpha value is -1.91. The van der Waals surface area contributed by atoms with Crippen LogP contribution in [0, 0.1) is 11.6 Å². The number of alkyl halides is 1. The summed E-state index contributed by atoms with van der Waals surface area (Å²) in [5, 5.41) is 2.46. The highest BCUT2D eigenvalue weighted by Gasteiger charge is 2.44. The van der Waals surface area contributed by atoms with Crippen molar-refractivity contribution in [3.05, 3.63) is 64.1 Å². The van der Waals surface area contributed by atoms with Gasteiger partial charge in [0.05, 0.1) is 4.90 Å². The van der Waals surface area contributed by atoms with Crippen LogP contribution in [0.5, 0.6) is 0 Å². The average Bonchev–Trinajstić information content (AvgIpc) is 3.05.